The standard InChI is InChI=1S/C53H106NO8P/c1-6-8-10-12-14-16-18-19-20-21-22-23-24-25-26-27-28-29-30-31-32-33-34-36-38-40-42-44-46-53(56)62-51(50-61-63(57,58)60-48-47-54(3,4)5)49-59-52(55)45-43-41-39-37-35-17-15-13-11-9-7-2/h51H,6-50H2,1-5H3/p+1. The summed E-state index contributed by atoms with van der Waals surface area (Å²) in [6.07, 6.45) is 50.4. The van der Waals surface area contributed by atoms with Gasteiger partial charge in [-0.15, -0.1) is 0 Å². The van der Waals surface area contributed by atoms with Crippen LogP contribution in [0.25, 0.3) is 0 Å². The fourth-order valence-electron chi connectivity index (χ4n) is 8.14. The van der Waals surface area contributed by atoms with Crippen LogP contribution >= 0.6 is 7.82 Å². The molecule has 0 rings (SSSR count). The molecule has 0 fully saturated rings. The van der Waals surface area contributed by atoms with Crippen molar-refractivity contribution >= 4 is 19.8 Å². The van der Waals surface area contributed by atoms with Crippen LogP contribution < -0.4 is 0 Å². The molecule has 63 heavy (non-hydrogen) atoms. The average Bonchev–Trinajstić information content (AvgIpc) is 3.24. The van der Waals surface area contributed by atoms with E-state index in [1.807, 2.05) is 21.1 Å². The SMILES string of the molecule is CCCCCCCCCCCCCCCCCCCCCCCCCCCCCCC(=O)OC(COC(=O)CCCCCCCCCCCCC)COP(=O)(O)OCC[N+](C)(C)C. The molecule has 0 aliphatic heterocycles. The molecule has 0 aliphatic rings. The van der Waals surface area contributed by atoms with Gasteiger partial charge in [-0.05, 0) is 12.8 Å². The fourth-order valence-corrected chi connectivity index (χ4v) is 8.88. The first-order valence-corrected chi connectivity index (χ1v) is 28.8. The van der Waals surface area contributed by atoms with Crippen LogP contribution in [0.1, 0.15) is 277 Å². The van der Waals surface area contributed by atoms with E-state index in [2.05, 4.69) is 13.8 Å². The topological polar surface area (TPSA) is 108 Å². The van der Waals surface area contributed by atoms with Crippen molar-refractivity contribution in [2.75, 3.05) is 47.5 Å². The van der Waals surface area contributed by atoms with Gasteiger partial charge in [-0.1, -0.05) is 251 Å². The molecule has 0 aromatic rings. The van der Waals surface area contributed by atoms with Crippen LogP contribution in [0.4, 0.5) is 0 Å². The third-order valence-corrected chi connectivity index (χ3v) is 13.4. The van der Waals surface area contributed by atoms with Crippen molar-refractivity contribution in [1.82, 2.24) is 0 Å². The van der Waals surface area contributed by atoms with Gasteiger partial charge >= 0.3 is 19.8 Å². The summed E-state index contributed by atoms with van der Waals surface area (Å²) in [7, 11) is 1.50. The Hall–Kier alpha value is -0.990. The van der Waals surface area contributed by atoms with Gasteiger partial charge < -0.3 is 18.9 Å². The first kappa shape index (κ1) is 62.0. The van der Waals surface area contributed by atoms with E-state index >= 15 is 0 Å². The molecular formula is C53H107NO8P+. The van der Waals surface area contributed by atoms with E-state index < -0.39 is 26.5 Å². The molecule has 0 aromatic carbocycles. The Morgan fingerprint density at radius 3 is 1.02 bits per heavy atom. The highest BCUT2D eigenvalue weighted by Crippen LogP contribution is 2.43. The number of phosphoric acid groups is 1. The molecule has 1 N–H and O–H groups in total. The number of rotatable bonds is 51. The molecular weight excluding hydrogens is 810 g/mol. The molecule has 0 saturated carbocycles. The first-order valence-electron chi connectivity index (χ1n) is 27.3. The van der Waals surface area contributed by atoms with Crippen LogP contribution in [0.15, 0.2) is 0 Å². The quantitative estimate of drug-likeness (QED) is 0.0278. The largest absolute Gasteiger partial charge is 0.472 e. The summed E-state index contributed by atoms with van der Waals surface area (Å²) in [6.45, 7) is 4.47. The van der Waals surface area contributed by atoms with Crippen molar-refractivity contribution in [3.63, 3.8) is 0 Å². The van der Waals surface area contributed by atoms with Gasteiger partial charge in [0.05, 0.1) is 27.7 Å². The minimum Gasteiger partial charge on any atom is -0.462 e. The highest BCUT2D eigenvalue weighted by Gasteiger charge is 2.27. The lowest BCUT2D eigenvalue weighted by Crippen LogP contribution is -2.37. The Morgan fingerprint density at radius 1 is 0.429 bits per heavy atom. The summed E-state index contributed by atoms with van der Waals surface area (Å²) in [6, 6.07) is 0. The Morgan fingerprint density at radius 2 is 0.714 bits per heavy atom. The third kappa shape index (κ3) is 50.3. The summed E-state index contributed by atoms with van der Waals surface area (Å²) in [5.41, 5.74) is 0. The summed E-state index contributed by atoms with van der Waals surface area (Å²) >= 11 is 0. The van der Waals surface area contributed by atoms with E-state index in [0.29, 0.717) is 17.4 Å². The van der Waals surface area contributed by atoms with Gasteiger partial charge in [-0.3, -0.25) is 18.6 Å². The Kier molecular flexibility index (Phi) is 45.4. The number of carbonyl (C=O) groups excluding carboxylic acids is 2. The van der Waals surface area contributed by atoms with Crippen LogP contribution in [0.2, 0.25) is 0 Å². The Balaban J connectivity index is 4.01. The second-order valence-corrected chi connectivity index (χ2v) is 21.4. The minimum atomic E-state index is -4.37. The molecule has 0 spiro atoms. The smallest absolute Gasteiger partial charge is 0.462 e. The average molecular weight is 917 g/mol. The van der Waals surface area contributed by atoms with Crippen LogP contribution in [0.3, 0.4) is 0 Å². The number of hydrogen-bond acceptors (Lipinski definition) is 7. The van der Waals surface area contributed by atoms with Gasteiger partial charge in [-0.2, -0.15) is 0 Å². The van der Waals surface area contributed by atoms with Crippen molar-refractivity contribution in [1.29, 1.82) is 0 Å². The van der Waals surface area contributed by atoms with Crippen LogP contribution in [0.5, 0.6) is 0 Å². The van der Waals surface area contributed by atoms with Crippen molar-refractivity contribution in [3.05, 3.63) is 0 Å². The molecule has 0 saturated heterocycles. The van der Waals surface area contributed by atoms with Crippen LogP contribution in [0, 0.1) is 0 Å². The molecule has 2 atom stereocenters. The van der Waals surface area contributed by atoms with E-state index in [1.165, 1.54) is 212 Å². The molecule has 2 unspecified atom stereocenters. The van der Waals surface area contributed by atoms with Crippen molar-refractivity contribution in [2.45, 2.75) is 283 Å². The predicted molar refractivity (Wildman–Crippen MR) is 266 cm³/mol. The summed E-state index contributed by atoms with van der Waals surface area (Å²) in [5, 5.41) is 0. The number of quaternary nitrogens is 1. The summed E-state index contributed by atoms with van der Waals surface area (Å²) in [5.74, 6) is -0.780. The normalized spacial score (nSPS) is 13.3. The minimum absolute atomic E-state index is 0.0370. The van der Waals surface area contributed by atoms with Crippen LogP contribution in [-0.4, -0.2) is 74.9 Å². The predicted octanol–water partition coefficient (Wildman–Crippen LogP) is 16.3. The third-order valence-electron chi connectivity index (χ3n) is 12.4. The Bertz CT molecular complexity index is 1040. The van der Waals surface area contributed by atoms with Crippen molar-refractivity contribution < 1.29 is 42.1 Å². The molecule has 9 nitrogen and oxygen atoms in total. The summed E-state index contributed by atoms with van der Waals surface area (Å²) < 4.78 is 34.4. The van der Waals surface area contributed by atoms with Gasteiger partial charge in [0.2, 0.25) is 0 Å². The van der Waals surface area contributed by atoms with E-state index in [1.54, 1.807) is 0 Å². The van der Waals surface area contributed by atoms with E-state index in [9.17, 15) is 19.0 Å². The molecule has 10 heteroatoms. The van der Waals surface area contributed by atoms with E-state index in [-0.39, 0.29) is 25.6 Å². The molecule has 0 bridgehead atoms. The zero-order valence-electron chi connectivity index (χ0n) is 42.6. The van der Waals surface area contributed by atoms with Gasteiger partial charge in [-0.25, -0.2) is 4.57 Å². The van der Waals surface area contributed by atoms with Crippen molar-refractivity contribution in [3.8, 4) is 0 Å². The van der Waals surface area contributed by atoms with E-state index in [0.717, 1.165) is 38.5 Å². The highest BCUT2D eigenvalue weighted by molar-refractivity contribution is 7.47. The summed E-state index contributed by atoms with van der Waals surface area (Å²) in [4.78, 5) is 35.5. The maximum absolute atomic E-state index is 12.8. The lowest BCUT2D eigenvalue weighted by Gasteiger charge is -2.24. The van der Waals surface area contributed by atoms with Gasteiger partial charge in [0.25, 0.3) is 0 Å². The lowest BCUT2D eigenvalue weighted by atomic mass is 10.0. The van der Waals surface area contributed by atoms with Gasteiger partial charge in [0.15, 0.2) is 6.10 Å². The zero-order valence-corrected chi connectivity index (χ0v) is 43.5. The number of carbonyl (C=O) groups is 2. The number of likely N-dealkylation sites (N-methyl/N-ethyl adjacent to an activating group) is 1. The number of ether oxygens (including phenoxy) is 2. The second kappa shape index (κ2) is 46.1. The zero-order chi connectivity index (χ0) is 46.4. The molecule has 0 amide bonds. The second-order valence-electron chi connectivity index (χ2n) is 20.0. The molecule has 0 radical (unpaired) electrons. The van der Waals surface area contributed by atoms with Gasteiger partial charge in [0, 0.05) is 12.8 Å². The van der Waals surface area contributed by atoms with Gasteiger partial charge in [0.1, 0.15) is 19.8 Å². The maximum Gasteiger partial charge on any atom is 0.472 e. The maximum atomic E-state index is 12.8. The number of unbranched alkanes of at least 4 members (excludes halogenated alkanes) is 37. The highest BCUT2D eigenvalue weighted by atomic mass is 31.2. The molecule has 0 aromatic heterocycles. The van der Waals surface area contributed by atoms with E-state index in [4.69, 9.17) is 18.5 Å². The first-order chi connectivity index (χ1) is 30.5. The molecule has 376 valence electrons. The van der Waals surface area contributed by atoms with Crippen LogP contribution in [-0.2, 0) is 32.7 Å². The Labute approximate surface area is 391 Å². The lowest BCUT2D eigenvalue weighted by molar-refractivity contribution is -0.870. The fraction of sp³-hybridized carbons (Fsp3) is 0.962. The number of hydrogen-bond donors (Lipinski definition) is 1. The number of nitrogens with zero attached hydrogens (tertiary/aromatic N) is 1. The number of esters is 2. The molecule has 0 heterocycles. The van der Waals surface area contributed by atoms with Crippen molar-refractivity contribution in [2.24, 2.45) is 0 Å². The molecule has 0 aliphatic carbocycles. The monoisotopic (exact) mass is 917 g/mol. The number of phosphoric ester groups is 1.